The fourth-order valence-corrected chi connectivity index (χ4v) is 1.08. The van der Waals surface area contributed by atoms with Gasteiger partial charge in [-0.2, -0.15) is 25.3 Å². The van der Waals surface area contributed by atoms with E-state index >= 15 is 0 Å². The van der Waals surface area contributed by atoms with Crippen LogP contribution in [-0.2, 0) is 9.47 Å². The van der Waals surface area contributed by atoms with Crippen molar-refractivity contribution < 1.29 is 14.6 Å². The van der Waals surface area contributed by atoms with Crippen molar-refractivity contribution in [2.24, 2.45) is 0 Å². The maximum absolute atomic E-state index is 9.36. The molecule has 5 heteroatoms. The maximum atomic E-state index is 9.36. The van der Waals surface area contributed by atoms with Gasteiger partial charge in [-0.3, -0.25) is 0 Å². The van der Waals surface area contributed by atoms with Gasteiger partial charge in [-0.25, -0.2) is 0 Å². The van der Waals surface area contributed by atoms with Crippen molar-refractivity contribution >= 4 is 25.3 Å². The molecule has 1 N–H and O–H groups in total. The van der Waals surface area contributed by atoms with Crippen LogP contribution in [0.3, 0.4) is 0 Å². The summed E-state index contributed by atoms with van der Waals surface area (Å²) in [4.78, 5) is 0. The average molecular weight is 240 g/mol. The van der Waals surface area contributed by atoms with Crippen LogP contribution < -0.4 is 0 Å². The summed E-state index contributed by atoms with van der Waals surface area (Å²) in [5.74, 6) is 1.63. The zero-order valence-electron chi connectivity index (χ0n) is 8.39. The van der Waals surface area contributed by atoms with E-state index in [2.05, 4.69) is 25.3 Å². The summed E-state index contributed by atoms with van der Waals surface area (Å²) in [6.45, 7) is 1.98. The fourth-order valence-electron chi connectivity index (χ4n) is 0.820. The van der Waals surface area contributed by atoms with E-state index in [0.29, 0.717) is 26.4 Å². The number of hydrogen-bond donors (Lipinski definition) is 3. The van der Waals surface area contributed by atoms with Crippen LogP contribution in [0, 0.1) is 0 Å². The van der Waals surface area contributed by atoms with Gasteiger partial charge >= 0.3 is 0 Å². The van der Waals surface area contributed by atoms with Crippen molar-refractivity contribution in [2.75, 3.05) is 37.9 Å². The topological polar surface area (TPSA) is 38.7 Å². The summed E-state index contributed by atoms with van der Waals surface area (Å²) in [5, 5.41) is 9.36. The third-order valence-electron chi connectivity index (χ3n) is 1.51. The number of hydrogen-bond acceptors (Lipinski definition) is 5. The Morgan fingerprint density at radius 3 is 1.71 bits per heavy atom. The summed E-state index contributed by atoms with van der Waals surface area (Å²) in [5.41, 5.74) is 0. The van der Waals surface area contributed by atoms with Crippen molar-refractivity contribution in [2.45, 2.75) is 18.9 Å². The lowest BCUT2D eigenvalue weighted by molar-refractivity contribution is -0.0181. The molecule has 0 spiro atoms. The third-order valence-corrected chi connectivity index (χ3v) is 2.15. The first-order valence-electron chi connectivity index (χ1n) is 4.86. The quantitative estimate of drug-likeness (QED) is 0.394. The van der Waals surface area contributed by atoms with E-state index in [9.17, 15) is 5.11 Å². The number of thiol groups is 2. The Morgan fingerprint density at radius 2 is 1.36 bits per heavy atom. The largest absolute Gasteiger partial charge is 0.388 e. The smallest absolute Gasteiger partial charge is 0.101 e. The molecule has 0 bridgehead atoms. The minimum Gasteiger partial charge on any atom is -0.388 e. The lowest BCUT2D eigenvalue weighted by Gasteiger charge is -2.11. The third kappa shape index (κ3) is 10.7. The first kappa shape index (κ1) is 14.6. The van der Waals surface area contributed by atoms with E-state index in [0.717, 1.165) is 24.3 Å². The predicted octanol–water partition coefficient (Wildman–Crippen LogP) is 1.02. The van der Waals surface area contributed by atoms with E-state index < -0.39 is 6.10 Å². The summed E-state index contributed by atoms with van der Waals surface area (Å²) in [7, 11) is 0. The van der Waals surface area contributed by atoms with Crippen LogP contribution in [0.25, 0.3) is 0 Å². The molecule has 3 nitrogen and oxygen atoms in total. The monoisotopic (exact) mass is 240 g/mol. The minimum absolute atomic E-state index is 0.342. The second-order valence-electron chi connectivity index (χ2n) is 2.96. The zero-order valence-corrected chi connectivity index (χ0v) is 10.2. The molecule has 0 aliphatic heterocycles. The highest BCUT2D eigenvalue weighted by Crippen LogP contribution is 1.92. The molecule has 0 rings (SSSR count). The second kappa shape index (κ2) is 11.7. The molecule has 0 aromatic heterocycles. The summed E-state index contributed by atoms with van der Waals surface area (Å²) in [6, 6.07) is 0. The standard InChI is InChI=1S/C9H20O3S2/c10-9(7-11-3-1-5-13)8-12-4-2-6-14/h9-10,13-14H,1-8H2. The highest BCUT2D eigenvalue weighted by Gasteiger charge is 2.03. The Kier molecular flexibility index (Phi) is 12.1. The van der Waals surface area contributed by atoms with Gasteiger partial charge < -0.3 is 14.6 Å². The molecule has 0 aliphatic carbocycles. The van der Waals surface area contributed by atoms with Crippen LogP contribution in [-0.4, -0.2) is 49.1 Å². The van der Waals surface area contributed by atoms with Crippen LogP contribution in [0.4, 0.5) is 0 Å². The van der Waals surface area contributed by atoms with Gasteiger partial charge in [0.1, 0.15) is 6.10 Å². The molecule has 0 radical (unpaired) electrons. The Balaban J connectivity index is 3.07. The van der Waals surface area contributed by atoms with Gasteiger partial charge in [0.25, 0.3) is 0 Å². The maximum Gasteiger partial charge on any atom is 0.101 e. The van der Waals surface area contributed by atoms with Gasteiger partial charge in [0, 0.05) is 13.2 Å². The molecule has 0 amide bonds. The van der Waals surface area contributed by atoms with E-state index in [1.54, 1.807) is 0 Å². The van der Waals surface area contributed by atoms with Crippen LogP contribution in [0.5, 0.6) is 0 Å². The molecule has 0 atom stereocenters. The van der Waals surface area contributed by atoms with Crippen LogP contribution >= 0.6 is 25.3 Å². The average Bonchev–Trinajstić information content (AvgIpc) is 2.19. The van der Waals surface area contributed by atoms with Gasteiger partial charge in [-0.1, -0.05) is 0 Å². The molecule has 0 fully saturated rings. The Labute approximate surface area is 97.0 Å². The van der Waals surface area contributed by atoms with Crippen molar-refractivity contribution in [3.63, 3.8) is 0 Å². The molecule has 0 unspecified atom stereocenters. The van der Waals surface area contributed by atoms with Crippen molar-refractivity contribution in [1.29, 1.82) is 0 Å². The Morgan fingerprint density at radius 1 is 0.929 bits per heavy atom. The predicted molar refractivity (Wildman–Crippen MR) is 64.6 cm³/mol. The molecule has 0 saturated heterocycles. The second-order valence-corrected chi connectivity index (χ2v) is 3.85. The van der Waals surface area contributed by atoms with Gasteiger partial charge in [-0.05, 0) is 24.3 Å². The molecule has 0 aromatic rings. The van der Waals surface area contributed by atoms with Gasteiger partial charge in [0.05, 0.1) is 13.2 Å². The summed E-state index contributed by atoms with van der Waals surface area (Å²) >= 11 is 8.10. The molecule has 0 aromatic carbocycles. The van der Waals surface area contributed by atoms with E-state index in [1.807, 2.05) is 0 Å². The van der Waals surface area contributed by atoms with Crippen LogP contribution in [0.15, 0.2) is 0 Å². The first-order valence-corrected chi connectivity index (χ1v) is 6.13. The fraction of sp³-hybridized carbons (Fsp3) is 1.00. The normalized spacial score (nSPS) is 11.1. The molecule has 14 heavy (non-hydrogen) atoms. The number of ether oxygens (including phenoxy) is 2. The van der Waals surface area contributed by atoms with E-state index in [1.165, 1.54) is 0 Å². The van der Waals surface area contributed by atoms with Gasteiger partial charge in [-0.15, -0.1) is 0 Å². The minimum atomic E-state index is -0.519. The number of rotatable bonds is 10. The molecule has 86 valence electrons. The van der Waals surface area contributed by atoms with Gasteiger partial charge in [0.2, 0.25) is 0 Å². The van der Waals surface area contributed by atoms with Gasteiger partial charge in [0.15, 0.2) is 0 Å². The number of aliphatic hydroxyl groups is 1. The van der Waals surface area contributed by atoms with Crippen molar-refractivity contribution in [1.82, 2.24) is 0 Å². The SMILES string of the molecule is OC(COCCCS)COCCCS. The molecular weight excluding hydrogens is 220 g/mol. The zero-order chi connectivity index (χ0) is 10.6. The Bertz CT molecular complexity index is 102. The van der Waals surface area contributed by atoms with E-state index in [-0.39, 0.29) is 0 Å². The van der Waals surface area contributed by atoms with E-state index in [4.69, 9.17) is 9.47 Å². The van der Waals surface area contributed by atoms with Crippen LogP contribution in [0.2, 0.25) is 0 Å². The lowest BCUT2D eigenvalue weighted by Crippen LogP contribution is -2.22. The lowest BCUT2D eigenvalue weighted by atomic mass is 10.4. The molecule has 0 heterocycles. The highest BCUT2D eigenvalue weighted by molar-refractivity contribution is 7.80. The van der Waals surface area contributed by atoms with Crippen molar-refractivity contribution in [3.05, 3.63) is 0 Å². The molecule has 0 saturated carbocycles. The Hall–Kier alpha value is 0.580. The summed E-state index contributed by atoms with van der Waals surface area (Å²) in [6.07, 6.45) is 1.31. The van der Waals surface area contributed by atoms with Crippen molar-refractivity contribution in [3.8, 4) is 0 Å². The molecule has 0 aliphatic rings. The molecular formula is C9H20O3S2. The first-order chi connectivity index (χ1) is 6.81. The van der Waals surface area contributed by atoms with Crippen LogP contribution in [0.1, 0.15) is 12.8 Å². The number of aliphatic hydroxyl groups excluding tert-OH is 1. The summed E-state index contributed by atoms with van der Waals surface area (Å²) < 4.78 is 10.4. The highest BCUT2D eigenvalue weighted by atomic mass is 32.1.